The maximum atomic E-state index is 12.7. The first-order valence-electron chi connectivity index (χ1n) is 8.05. The van der Waals surface area contributed by atoms with Gasteiger partial charge in [0, 0.05) is 16.4 Å². The van der Waals surface area contributed by atoms with E-state index < -0.39 is 11.8 Å². The van der Waals surface area contributed by atoms with Crippen molar-refractivity contribution >= 4 is 39.6 Å². The van der Waals surface area contributed by atoms with Crippen LogP contribution in [0.4, 0.5) is 5.69 Å². The van der Waals surface area contributed by atoms with Gasteiger partial charge in [-0.25, -0.2) is 4.68 Å². The number of carbonyl (C=O) groups excluding carboxylic acids is 2. The molecule has 27 heavy (non-hydrogen) atoms. The summed E-state index contributed by atoms with van der Waals surface area (Å²) < 4.78 is 2.36. The molecule has 8 heteroatoms. The summed E-state index contributed by atoms with van der Waals surface area (Å²) >= 11 is 3.37. The molecule has 3 aromatic rings. The van der Waals surface area contributed by atoms with Crippen LogP contribution in [-0.4, -0.2) is 27.8 Å². The van der Waals surface area contributed by atoms with Crippen molar-refractivity contribution in [3.05, 3.63) is 79.7 Å². The van der Waals surface area contributed by atoms with Crippen LogP contribution in [0.25, 0.3) is 5.69 Å². The third kappa shape index (κ3) is 3.04. The predicted octanol–water partition coefficient (Wildman–Crippen LogP) is 2.87. The Morgan fingerprint density at radius 1 is 1.00 bits per heavy atom. The number of aryl methyl sites for hydroxylation is 1. The van der Waals surface area contributed by atoms with Crippen molar-refractivity contribution < 1.29 is 9.59 Å². The van der Waals surface area contributed by atoms with Gasteiger partial charge in [0.15, 0.2) is 0 Å². The smallest absolute Gasteiger partial charge is 0.280 e. The Morgan fingerprint density at radius 2 is 1.70 bits per heavy atom. The largest absolute Gasteiger partial charge is 0.295 e. The van der Waals surface area contributed by atoms with Crippen LogP contribution in [0.5, 0.6) is 0 Å². The summed E-state index contributed by atoms with van der Waals surface area (Å²) in [6, 6.07) is 12.0. The average Bonchev–Trinajstić information content (AvgIpc) is 3.09. The number of nitrogens with one attached hydrogen (secondary N) is 2. The van der Waals surface area contributed by atoms with E-state index in [9.17, 15) is 14.4 Å². The SMILES string of the molecule is Cc1[nH]n(-c2ccc(Br)cc2)c(=O)c1C=Nc1ccc2c(c1)C(=O)NC2=O. The first-order chi connectivity index (χ1) is 12.9. The fourth-order valence-corrected chi connectivity index (χ4v) is 3.12. The number of fused-ring (bicyclic) bond motifs is 1. The maximum absolute atomic E-state index is 12.7. The van der Waals surface area contributed by atoms with Crippen molar-refractivity contribution in [2.75, 3.05) is 0 Å². The van der Waals surface area contributed by atoms with E-state index in [1.54, 1.807) is 19.1 Å². The highest BCUT2D eigenvalue weighted by Gasteiger charge is 2.26. The van der Waals surface area contributed by atoms with Crippen LogP contribution in [-0.2, 0) is 0 Å². The van der Waals surface area contributed by atoms with E-state index in [2.05, 4.69) is 31.3 Å². The molecule has 2 N–H and O–H groups in total. The second kappa shape index (κ2) is 6.48. The van der Waals surface area contributed by atoms with Crippen molar-refractivity contribution in [1.29, 1.82) is 0 Å². The number of H-pyrrole nitrogens is 1. The Morgan fingerprint density at radius 3 is 2.44 bits per heavy atom. The van der Waals surface area contributed by atoms with Gasteiger partial charge in [0.05, 0.1) is 28.1 Å². The minimum absolute atomic E-state index is 0.229. The van der Waals surface area contributed by atoms with E-state index in [1.165, 1.54) is 17.0 Å². The summed E-state index contributed by atoms with van der Waals surface area (Å²) in [5.41, 5.74) is 2.65. The van der Waals surface area contributed by atoms with Crippen molar-refractivity contribution in [2.45, 2.75) is 6.92 Å². The molecule has 1 aliphatic heterocycles. The van der Waals surface area contributed by atoms with Gasteiger partial charge >= 0.3 is 0 Å². The molecule has 0 atom stereocenters. The molecular formula is C19H13BrN4O3. The van der Waals surface area contributed by atoms with Gasteiger partial charge in [0.1, 0.15) is 0 Å². The van der Waals surface area contributed by atoms with Gasteiger partial charge in [0.25, 0.3) is 17.4 Å². The lowest BCUT2D eigenvalue weighted by Gasteiger charge is -2.00. The molecule has 0 bridgehead atoms. The Bertz CT molecular complexity index is 1170. The van der Waals surface area contributed by atoms with Gasteiger partial charge in [-0.3, -0.25) is 29.8 Å². The fourth-order valence-electron chi connectivity index (χ4n) is 2.86. The molecule has 0 unspecified atom stereocenters. The third-order valence-electron chi connectivity index (χ3n) is 4.26. The lowest BCUT2D eigenvalue weighted by atomic mass is 10.1. The fraction of sp³-hybridized carbons (Fsp3) is 0.0526. The maximum Gasteiger partial charge on any atom is 0.280 e. The van der Waals surface area contributed by atoms with Gasteiger partial charge in [-0.2, -0.15) is 0 Å². The highest BCUT2D eigenvalue weighted by molar-refractivity contribution is 9.10. The molecule has 7 nitrogen and oxygen atoms in total. The minimum Gasteiger partial charge on any atom is -0.295 e. The molecule has 134 valence electrons. The van der Waals surface area contributed by atoms with Gasteiger partial charge in [0.2, 0.25) is 0 Å². The highest BCUT2D eigenvalue weighted by Crippen LogP contribution is 2.22. The van der Waals surface area contributed by atoms with Crippen molar-refractivity contribution in [2.24, 2.45) is 4.99 Å². The topological polar surface area (TPSA) is 96.3 Å². The summed E-state index contributed by atoms with van der Waals surface area (Å²) in [6.07, 6.45) is 1.46. The molecule has 0 saturated carbocycles. The molecule has 1 aliphatic rings. The molecule has 2 aromatic carbocycles. The molecule has 2 amide bonds. The number of aromatic amines is 1. The molecule has 2 heterocycles. The molecular weight excluding hydrogens is 412 g/mol. The Labute approximate surface area is 161 Å². The zero-order valence-electron chi connectivity index (χ0n) is 14.1. The van der Waals surface area contributed by atoms with E-state index >= 15 is 0 Å². The third-order valence-corrected chi connectivity index (χ3v) is 4.79. The number of hydrogen-bond donors (Lipinski definition) is 2. The molecule has 4 rings (SSSR count). The van der Waals surface area contributed by atoms with Gasteiger partial charge < -0.3 is 0 Å². The number of aliphatic imine (C=N–C) groups is 1. The van der Waals surface area contributed by atoms with Gasteiger partial charge in [-0.05, 0) is 49.4 Å². The molecule has 0 fully saturated rings. The molecule has 0 spiro atoms. The highest BCUT2D eigenvalue weighted by atomic mass is 79.9. The minimum atomic E-state index is -0.442. The van der Waals surface area contributed by atoms with Crippen LogP contribution < -0.4 is 10.9 Å². The van der Waals surface area contributed by atoms with E-state index in [4.69, 9.17) is 0 Å². The summed E-state index contributed by atoms with van der Waals surface area (Å²) in [4.78, 5) is 40.3. The predicted molar refractivity (Wildman–Crippen MR) is 104 cm³/mol. The van der Waals surface area contributed by atoms with E-state index in [0.29, 0.717) is 28.2 Å². The Hall–Kier alpha value is -3.26. The lowest BCUT2D eigenvalue weighted by Crippen LogP contribution is -2.19. The number of nitrogens with zero attached hydrogens (tertiary/aromatic N) is 2. The second-order valence-corrected chi connectivity index (χ2v) is 6.95. The quantitative estimate of drug-likeness (QED) is 0.499. The summed E-state index contributed by atoms with van der Waals surface area (Å²) in [7, 11) is 0. The first-order valence-corrected chi connectivity index (χ1v) is 8.85. The zero-order valence-corrected chi connectivity index (χ0v) is 15.7. The monoisotopic (exact) mass is 424 g/mol. The van der Waals surface area contributed by atoms with E-state index in [-0.39, 0.29) is 11.1 Å². The zero-order chi connectivity index (χ0) is 19.1. The van der Waals surface area contributed by atoms with Crippen LogP contribution in [0.2, 0.25) is 0 Å². The van der Waals surface area contributed by atoms with Crippen molar-refractivity contribution in [1.82, 2.24) is 15.1 Å². The number of carbonyl (C=O) groups is 2. The van der Waals surface area contributed by atoms with Crippen LogP contribution >= 0.6 is 15.9 Å². The number of rotatable bonds is 3. The van der Waals surface area contributed by atoms with Crippen LogP contribution in [0, 0.1) is 6.92 Å². The average molecular weight is 425 g/mol. The normalized spacial score (nSPS) is 13.3. The standard InChI is InChI=1S/C19H13BrN4O3/c1-10-16(19(27)24(23-10)13-5-2-11(20)3-6-13)9-21-12-4-7-14-15(8-12)18(26)22-17(14)25/h2-9,23H,1H3,(H,22,25,26). The van der Waals surface area contributed by atoms with Crippen LogP contribution in [0.1, 0.15) is 32.0 Å². The second-order valence-electron chi connectivity index (χ2n) is 6.04. The van der Waals surface area contributed by atoms with Crippen molar-refractivity contribution in [3.63, 3.8) is 0 Å². The van der Waals surface area contributed by atoms with Crippen LogP contribution in [0.3, 0.4) is 0 Å². The van der Waals surface area contributed by atoms with E-state index in [1.807, 2.05) is 24.3 Å². The van der Waals surface area contributed by atoms with Crippen LogP contribution in [0.15, 0.2) is 56.7 Å². The number of hydrogen-bond acceptors (Lipinski definition) is 4. The lowest BCUT2D eigenvalue weighted by molar-refractivity contribution is 0.0879. The number of amides is 2. The Balaban J connectivity index is 1.69. The van der Waals surface area contributed by atoms with Gasteiger partial charge in [-0.1, -0.05) is 15.9 Å². The molecule has 1 aromatic heterocycles. The summed E-state index contributed by atoms with van der Waals surface area (Å²) in [6.45, 7) is 1.78. The summed E-state index contributed by atoms with van der Waals surface area (Å²) in [5.74, 6) is -0.855. The van der Waals surface area contributed by atoms with E-state index in [0.717, 1.165) is 4.47 Å². The number of aromatic nitrogens is 2. The number of imide groups is 1. The van der Waals surface area contributed by atoms with Gasteiger partial charge in [-0.15, -0.1) is 0 Å². The number of halogens is 1. The first kappa shape index (κ1) is 17.2. The van der Waals surface area contributed by atoms with Crippen molar-refractivity contribution in [3.8, 4) is 5.69 Å². The molecule has 0 saturated heterocycles. The summed E-state index contributed by atoms with van der Waals surface area (Å²) in [5, 5.41) is 5.26. The number of benzene rings is 2. The molecule has 0 aliphatic carbocycles. The Kier molecular flexibility index (Phi) is 4.12. The molecule has 0 radical (unpaired) electrons.